The molecule has 2 fully saturated rings. The van der Waals surface area contributed by atoms with E-state index in [2.05, 4.69) is 50.3 Å². The Morgan fingerprint density at radius 1 is 0.486 bits per heavy atom. The largest absolute Gasteiger partial charge is 0.457 e. The zero-order valence-electron chi connectivity index (χ0n) is 43.8. The average molecular weight is 999 g/mol. The Bertz CT molecular complexity index is 1300. The van der Waals surface area contributed by atoms with Crippen LogP contribution in [0.3, 0.4) is 0 Å². The van der Waals surface area contributed by atoms with Gasteiger partial charge in [-0.25, -0.2) is 0 Å². The van der Waals surface area contributed by atoms with Gasteiger partial charge in [-0.1, -0.05) is 198 Å². The first-order valence-electron chi connectivity index (χ1n) is 28.1. The fourth-order valence-electron chi connectivity index (χ4n) is 8.89. The van der Waals surface area contributed by atoms with Gasteiger partial charge >= 0.3 is 5.97 Å². The molecule has 0 amide bonds. The highest BCUT2D eigenvalue weighted by Crippen LogP contribution is 2.27. The summed E-state index contributed by atoms with van der Waals surface area (Å²) in [6, 6.07) is 0. The fourth-order valence-corrected chi connectivity index (χ4v) is 8.89. The third kappa shape index (κ3) is 30.4. The molecule has 0 radical (unpaired) electrons. The van der Waals surface area contributed by atoms with Crippen molar-refractivity contribution < 1.29 is 69.0 Å². The standard InChI is InChI=1S/C56H102O14/c1-3-5-7-9-11-13-15-17-19-21-22-23-24-25-27-29-31-33-35-37-39-48(58)68-45(42-65-40-38-36-34-32-30-28-26-20-18-16-14-12-10-8-6-4-2)43-66-55-54(64)52(62)50(60)47(70-55)44-67-56-53(63)51(61)49(59)46(41-57)69-56/h6,8,12,14,18,20,45-47,49-57,59-64H,3-5,7,9-11,13,15-17,19,21-44H2,1-2H3/b8-6-,14-12-,20-18-. The van der Waals surface area contributed by atoms with Crippen molar-refractivity contribution in [3.63, 3.8) is 0 Å². The molecule has 14 nitrogen and oxygen atoms in total. The number of hydrogen-bond acceptors (Lipinski definition) is 14. The Labute approximate surface area is 423 Å². The SMILES string of the molecule is CC/C=C\C/C=C\C/C=C\CCCCCCCCOCC(COC1OC(COC2OC(CO)C(O)C(O)C2O)C(O)C(O)C1O)OC(=O)CCCCCCCCCCCCCCCCCCCCCC. The number of hydrogen-bond donors (Lipinski definition) is 7. The van der Waals surface area contributed by atoms with Gasteiger partial charge in [-0.05, 0) is 44.9 Å². The molecule has 0 aromatic carbocycles. The Morgan fingerprint density at radius 2 is 0.929 bits per heavy atom. The third-order valence-electron chi connectivity index (χ3n) is 13.4. The smallest absolute Gasteiger partial charge is 0.306 e. The van der Waals surface area contributed by atoms with Crippen LogP contribution in [0.4, 0.5) is 0 Å². The van der Waals surface area contributed by atoms with Crippen molar-refractivity contribution in [2.45, 2.75) is 280 Å². The molecule has 2 saturated heterocycles. The van der Waals surface area contributed by atoms with Gasteiger partial charge in [0.2, 0.25) is 0 Å². The van der Waals surface area contributed by atoms with Gasteiger partial charge in [0.15, 0.2) is 12.6 Å². The molecule has 2 aliphatic rings. The van der Waals surface area contributed by atoms with E-state index in [0.717, 1.165) is 70.6 Å². The Morgan fingerprint density at radius 3 is 1.46 bits per heavy atom. The summed E-state index contributed by atoms with van der Waals surface area (Å²) in [5.74, 6) is -0.378. The molecular formula is C56H102O14. The summed E-state index contributed by atoms with van der Waals surface area (Å²) in [7, 11) is 0. The molecule has 410 valence electrons. The van der Waals surface area contributed by atoms with Crippen LogP contribution in [0.2, 0.25) is 0 Å². The Balaban J connectivity index is 1.73. The normalized spacial score (nSPS) is 25.7. The molecule has 2 heterocycles. The maximum Gasteiger partial charge on any atom is 0.306 e. The van der Waals surface area contributed by atoms with E-state index in [0.29, 0.717) is 13.0 Å². The van der Waals surface area contributed by atoms with Gasteiger partial charge in [0.05, 0.1) is 26.4 Å². The van der Waals surface area contributed by atoms with E-state index in [1.807, 2.05) is 0 Å². The second kappa shape index (κ2) is 43.6. The van der Waals surface area contributed by atoms with Crippen LogP contribution < -0.4 is 0 Å². The lowest BCUT2D eigenvalue weighted by molar-refractivity contribution is -0.332. The molecule has 0 bridgehead atoms. The molecule has 0 saturated carbocycles. The molecule has 0 aromatic heterocycles. The lowest BCUT2D eigenvalue weighted by atomic mass is 9.98. The van der Waals surface area contributed by atoms with Crippen LogP contribution in [0.5, 0.6) is 0 Å². The molecule has 0 spiro atoms. The quantitative estimate of drug-likeness (QED) is 0.0172. The Hall–Kier alpha value is -1.79. The summed E-state index contributed by atoms with van der Waals surface area (Å²) < 4.78 is 34.3. The van der Waals surface area contributed by atoms with Crippen LogP contribution in [-0.4, -0.2) is 142 Å². The van der Waals surface area contributed by atoms with E-state index in [-0.39, 0.29) is 25.6 Å². The highest BCUT2D eigenvalue weighted by molar-refractivity contribution is 5.69. The number of carbonyl (C=O) groups is 1. The molecule has 70 heavy (non-hydrogen) atoms. The number of ether oxygens (including phenoxy) is 6. The summed E-state index contributed by atoms with van der Waals surface area (Å²) in [5, 5.41) is 72.3. The van der Waals surface area contributed by atoms with Crippen molar-refractivity contribution in [3.8, 4) is 0 Å². The summed E-state index contributed by atoms with van der Waals surface area (Å²) in [6.45, 7) is 3.58. The second-order valence-corrected chi connectivity index (χ2v) is 19.7. The second-order valence-electron chi connectivity index (χ2n) is 19.7. The van der Waals surface area contributed by atoms with Crippen molar-refractivity contribution >= 4 is 5.97 Å². The first kappa shape index (κ1) is 64.3. The first-order chi connectivity index (χ1) is 34.1. The molecule has 11 unspecified atom stereocenters. The van der Waals surface area contributed by atoms with Gasteiger partial charge in [-0.3, -0.25) is 4.79 Å². The van der Waals surface area contributed by atoms with Gasteiger partial charge in [0.1, 0.15) is 54.9 Å². The van der Waals surface area contributed by atoms with E-state index in [9.17, 15) is 40.5 Å². The topological polar surface area (TPSA) is 214 Å². The van der Waals surface area contributed by atoms with E-state index in [1.54, 1.807) is 0 Å². The van der Waals surface area contributed by atoms with E-state index >= 15 is 0 Å². The lowest BCUT2D eigenvalue weighted by Gasteiger charge is -2.42. The van der Waals surface area contributed by atoms with Gasteiger partial charge in [0, 0.05) is 13.0 Å². The van der Waals surface area contributed by atoms with E-state index in [4.69, 9.17) is 28.4 Å². The van der Waals surface area contributed by atoms with Crippen LogP contribution in [0.25, 0.3) is 0 Å². The van der Waals surface area contributed by atoms with Gasteiger partial charge in [0.25, 0.3) is 0 Å². The fraction of sp³-hybridized carbons (Fsp3) is 0.875. The maximum absolute atomic E-state index is 13.1. The summed E-state index contributed by atoms with van der Waals surface area (Å²) in [6.07, 6.45) is 33.5. The van der Waals surface area contributed by atoms with Crippen LogP contribution in [-0.2, 0) is 33.2 Å². The van der Waals surface area contributed by atoms with Crippen molar-refractivity contribution in [2.75, 3.05) is 33.0 Å². The molecule has 2 rings (SSSR count). The predicted octanol–water partition coefficient (Wildman–Crippen LogP) is 9.36. The van der Waals surface area contributed by atoms with E-state index < -0.39 is 80.7 Å². The zero-order chi connectivity index (χ0) is 50.9. The third-order valence-corrected chi connectivity index (χ3v) is 13.4. The van der Waals surface area contributed by atoms with E-state index in [1.165, 1.54) is 116 Å². The summed E-state index contributed by atoms with van der Waals surface area (Å²) in [4.78, 5) is 13.1. The number of unbranched alkanes of at least 4 members (excludes halogenated alkanes) is 25. The highest BCUT2D eigenvalue weighted by Gasteiger charge is 2.47. The lowest BCUT2D eigenvalue weighted by Crippen LogP contribution is -2.61. The summed E-state index contributed by atoms with van der Waals surface area (Å²) in [5.41, 5.74) is 0. The minimum atomic E-state index is -1.71. The number of rotatable bonds is 45. The molecule has 0 aromatic rings. The van der Waals surface area contributed by atoms with Gasteiger partial charge in [-0.2, -0.15) is 0 Å². The Kier molecular flexibility index (Phi) is 40.1. The minimum absolute atomic E-state index is 0.0552. The maximum atomic E-state index is 13.1. The molecule has 7 N–H and O–H groups in total. The number of aliphatic hydroxyl groups is 7. The van der Waals surface area contributed by atoms with Crippen LogP contribution in [0.1, 0.15) is 213 Å². The van der Waals surface area contributed by atoms with Crippen molar-refractivity contribution in [1.82, 2.24) is 0 Å². The molecule has 11 atom stereocenters. The minimum Gasteiger partial charge on any atom is -0.457 e. The average Bonchev–Trinajstić information content (AvgIpc) is 3.36. The van der Waals surface area contributed by atoms with Crippen molar-refractivity contribution in [3.05, 3.63) is 36.5 Å². The number of esters is 1. The van der Waals surface area contributed by atoms with Crippen LogP contribution in [0, 0.1) is 0 Å². The summed E-state index contributed by atoms with van der Waals surface area (Å²) >= 11 is 0. The monoisotopic (exact) mass is 999 g/mol. The molecule has 14 heteroatoms. The van der Waals surface area contributed by atoms with Crippen molar-refractivity contribution in [2.24, 2.45) is 0 Å². The van der Waals surface area contributed by atoms with Crippen LogP contribution in [0.15, 0.2) is 36.5 Å². The number of allylic oxidation sites excluding steroid dienone is 6. The van der Waals surface area contributed by atoms with Gasteiger partial charge < -0.3 is 64.2 Å². The number of aliphatic hydroxyl groups excluding tert-OH is 7. The zero-order valence-corrected chi connectivity index (χ0v) is 43.8. The van der Waals surface area contributed by atoms with Gasteiger partial charge in [-0.15, -0.1) is 0 Å². The highest BCUT2D eigenvalue weighted by atomic mass is 16.7. The molecular weight excluding hydrogens is 897 g/mol. The first-order valence-corrected chi connectivity index (χ1v) is 28.1. The van der Waals surface area contributed by atoms with Crippen LogP contribution >= 0.6 is 0 Å². The van der Waals surface area contributed by atoms with Crippen molar-refractivity contribution in [1.29, 1.82) is 0 Å². The molecule has 2 aliphatic heterocycles. The predicted molar refractivity (Wildman–Crippen MR) is 275 cm³/mol. The number of carbonyl (C=O) groups excluding carboxylic acids is 1. The molecule has 0 aliphatic carbocycles.